The molecule has 0 aliphatic carbocycles. The van der Waals surface area contributed by atoms with Crippen molar-refractivity contribution in [2.24, 2.45) is 0 Å². The summed E-state index contributed by atoms with van der Waals surface area (Å²) < 4.78 is 0. The summed E-state index contributed by atoms with van der Waals surface area (Å²) in [5, 5.41) is 8.84. The zero-order valence-electron chi connectivity index (χ0n) is 6.01. The lowest BCUT2D eigenvalue weighted by Gasteiger charge is -2.01. The third kappa shape index (κ3) is 2.01. The molecule has 5 heteroatoms. The fraction of sp³-hybridized carbons (Fsp3) is 0. The van der Waals surface area contributed by atoms with Gasteiger partial charge in [-0.05, 0) is 24.3 Å². The van der Waals surface area contributed by atoms with Gasteiger partial charge in [0, 0.05) is 5.30 Å². The van der Waals surface area contributed by atoms with E-state index in [1.54, 1.807) is 0 Å². The lowest BCUT2D eigenvalue weighted by molar-refractivity contribution is 0.0697. The van der Waals surface area contributed by atoms with Crippen molar-refractivity contribution in [3.05, 3.63) is 29.8 Å². The SMILES string of the molecule is O=C(O)c1ccc(P(O)O)cc1. The van der Waals surface area contributed by atoms with Gasteiger partial charge in [-0.25, -0.2) is 4.79 Å². The second-order valence-corrected chi connectivity index (χ2v) is 3.24. The molecule has 4 nitrogen and oxygen atoms in total. The minimum Gasteiger partial charge on any atom is -0.478 e. The molecule has 0 unspecified atom stereocenters. The summed E-state index contributed by atoms with van der Waals surface area (Å²) in [4.78, 5) is 27.8. The standard InChI is InChI=1S/C7H7O4P/c8-7(9)5-1-3-6(4-2-5)12(10)11/h1-4,10-11H,(H,8,9). The Morgan fingerprint density at radius 2 is 1.67 bits per heavy atom. The van der Waals surface area contributed by atoms with E-state index in [2.05, 4.69) is 0 Å². The summed E-state index contributed by atoms with van der Waals surface area (Å²) in [5.74, 6) is -1.03. The van der Waals surface area contributed by atoms with Gasteiger partial charge in [-0.3, -0.25) is 0 Å². The smallest absolute Gasteiger partial charge is 0.335 e. The van der Waals surface area contributed by atoms with Gasteiger partial charge in [0.15, 0.2) is 8.38 Å². The monoisotopic (exact) mass is 186 g/mol. The fourth-order valence-corrected chi connectivity index (χ4v) is 1.15. The Morgan fingerprint density at radius 1 is 1.17 bits per heavy atom. The zero-order chi connectivity index (χ0) is 9.14. The highest BCUT2D eigenvalue weighted by Gasteiger charge is 2.05. The maximum absolute atomic E-state index is 10.4. The van der Waals surface area contributed by atoms with Crippen molar-refractivity contribution >= 4 is 19.6 Å². The maximum atomic E-state index is 10.4. The topological polar surface area (TPSA) is 77.8 Å². The van der Waals surface area contributed by atoms with Gasteiger partial charge in [0.1, 0.15) is 0 Å². The van der Waals surface area contributed by atoms with Crippen LogP contribution in [0.25, 0.3) is 0 Å². The number of hydrogen-bond donors (Lipinski definition) is 3. The van der Waals surface area contributed by atoms with E-state index in [1.165, 1.54) is 24.3 Å². The third-order valence-electron chi connectivity index (χ3n) is 1.35. The summed E-state index contributed by atoms with van der Waals surface area (Å²) in [6.07, 6.45) is 0. The molecule has 0 aliphatic rings. The number of carboxylic acids is 1. The minimum absolute atomic E-state index is 0.135. The number of hydrogen-bond acceptors (Lipinski definition) is 3. The molecule has 0 amide bonds. The molecule has 0 radical (unpaired) electrons. The van der Waals surface area contributed by atoms with Crippen LogP contribution in [0.3, 0.4) is 0 Å². The summed E-state index contributed by atoms with van der Waals surface area (Å²) in [5.41, 5.74) is 0.135. The van der Waals surface area contributed by atoms with E-state index in [-0.39, 0.29) is 5.56 Å². The van der Waals surface area contributed by atoms with E-state index in [1.807, 2.05) is 0 Å². The van der Waals surface area contributed by atoms with E-state index < -0.39 is 14.3 Å². The van der Waals surface area contributed by atoms with E-state index in [0.717, 1.165) is 0 Å². The normalized spacial score (nSPS) is 10.2. The van der Waals surface area contributed by atoms with Gasteiger partial charge in [0.25, 0.3) is 0 Å². The number of benzene rings is 1. The molecule has 0 heterocycles. The molecule has 64 valence electrons. The molecule has 1 aromatic rings. The molecule has 0 saturated carbocycles. The molecular formula is C7H7O4P. The van der Waals surface area contributed by atoms with Crippen molar-refractivity contribution in [2.45, 2.75) is 0 Å². The van der Waals surface area contributed by atoms with Crippen molar-refractivity contribution in [1.82, 2.24) is 0 Å². The first-order chi connectivity index (χ1) is 5.61. The predicted molar refractivity (Wildman–Crippen MR) is 44.4 cm³/mol. The largest absolute Gasteiger partial charge is 0.478 e. The first-order valence-electron chi connectivity index (χ1n) is 3.12. The van der Waals surface area contributed by atoms with E-state index in [9.17, 15) is 4.79 Å². The number of rotatable bonds is 2. The van der Waals surface area contributed by atoms with Gasteiger partial charge in [0.05, 0.1) is 5.56 Å². The average Bonchev–Trinajstić information content (AvgIpc) is 2.04. The van der Waals surface area contributed by atoms with Crippen LogP contribution in [0, 0.1) is 0 Å². The number of carboxylic acid groups (broad SMARTS) is 1. The molecule has 0 atom stereocenters. The van der Waals surface area contributed by atoms with Crippen LogP contribution in [0.2, 0.25) is 0 Å². The Morgan fingerprint density at radius 3 is 2.00 bits per heavy atom. The molecular weight excluding hydrogens is 179 g/mol. The van der Waals surface area contributed by atoms with E-state index >= 15 is 0 Å². The van der Waals surface area contributed by atoms with Crippen LogP contribution in [0.5, 0.6) is 0 Å². The van der Waals surface area contributed by atoms with Crippen molar-refractivity contribution in [1.29, 1.82) is 0 Å². The van der Waals surface area contributed by atoms with Gasteiger partial charge in [-0.15, -0.1) is 0 Å². The Hall–Kier alpha value is -0.960. The van der Waals surface area contributed by atoms with Crippen LogP contribution >= 0.6 is 8.38 Å². The second kappa shape index (κ2) is 3.63. The fourth-order valence-electron chi connectivity index (χ4n) is 0.737. The molecule has 1 aromatic carbocycles. The van der Waals surface area contributed by atoms with Gasteiger partial charge < -0.3 is 14.9 Å². The van der Waals surface area contributed by atoms with Crippen LogP contribution in [-0.2, 0) is 0 Å². The number of aromatic carboxylic acids is 1. The van der Waals surface area contributed by atoms with Gasteiger partial charge in [-0.2, -0.15) is 0 Å². The summed E-state index contributed by atoms with van der Waals surface area (Å²) in [6.45, 7) is 0. The minimum atomic E-state index is -2.12. The summed E-state index contributed by atoms with van der Waals surface area (Å²) >= 11 is 0. The molecule has 3 N–H and O–H groups in total. The zero-order valence-corrected chi connectivity index (χ0v) is 6.90. The Kier molecular flexibility index (Phi) is 2.76. The molecule has 0 fully saturated rings. The third-order valence-corrected chi connectivity index (χ3v) is 2.11. The highest BCUT2D eigenvalue weighted by molar-refractivity contribution is 7.54. The molecule has 12 heavy (non-hydrogen) atoms. The van der Waals surface area contributed by atoms with Crippen molar-refractivity contribution in [3.63, 3.8) is 0 Å². The lowest BCUT2D eigenvalue weighted by Crippen LogP contribution is -2.02. The highest BCUT2D eigenvalue weighted by atomic mass is 31.2. The van der Waals surface area contributed by atoms with Crippen LogP contribution in [0.1, 0.15) is 10.4 Å². The number of carbonyl (C=O) groups is 1. The van der Waals surface area contributed by atoms with Crippen LogP contribution in [-0.4, -0.2) is 20.9 Å². The quantitative estimate of drug-likeness (QED) is 0.580. The summed E-state index contributed by atoms with van der Waals surface area (Å²) in [6, 6.07) is 5.43. The Balaban J connectivity index is 2.93. The molecule has 0 aromatic heterocycles. The first-order valence-corrected chi connectivity index (χ1v) is 4.37. The van der Waals surface area contributed by atoms with E-state index in [0.29, 0.717) is 5.30 Å². The summed E-state index contributed by atoms with van der Waals surface area (Å²) in [7, 11) is -2.12. The lowest BCUT2D eigenvalue weighted by atomic mass is 10.2. The molecule has 0 spiro atoms. The van der Waals surface area contributed by atoms with Crippen LogP contribution in [0.4, 0.5) is 0 Å². The van der Waals surface area contributed by atoms with Crippen molar-refractivity contribution in [2.75, 3.05) is 0 Å². The van der Waals surface area contributed by atoms with Gasteiger partial charge >= 0.3 is 5.97 Å². The van der Waals surface area contributed by atoms with Crippen LogP contribution in [0.15, 0.2) is 24.3 Å². The molecule has 0 saturated heterocycles. The van der Waals surface area contributed by atoms with Crippen molar-refractivity contribution in [3.8, 4) is 0 Å². The predicted octanol–water partition coefficient (Wildman–Crippen LogP) is 0.307. The maximum Gasteiger partial charge on any atom is 0.335 e. The Bertz CT molecular complexity index is 280. The Labute approximate surface area is 70.0 Å². The average molecular weight is 186 g/mol. The molecule has 0 aliphatic heterocycles. The van der Waals surface area contributed by atoms with Crippen molar-refractivity contribution < 1.29 is 19.7 Å². The van der Waals surface area contributed by atoms with E-state index in [4.69, 9.17) is 14.9 Å². The van der Waals surface area contributed by atoms with Crippen LogP contribution < -0.4 is 5.30 Å². The molecule has 1 rings (SSSR count). The highest BCUT2D eigenvalue weighted by Crippen LogP contribution is 2.21. The van der Waals surface area contributed by atoms with Gasteiger partial charge in [-0.1, -0.05) is 0 Å². The first kappa shape index (κ1) is 9.13. The molecule has 0 bridgehead atoms. The second-order valence-electron chi connectivity index (χ2n) is 2.14. The van der Waals surface area contributed by atoms with Gasteiger partial charge in [0.2, 0.25) is 0 Å².